The van der Waals surface area contributed by atoms with Crippen LogP contribution in [0, 0.1) is 11.8 Å². The summed E-state index contributed by atoms with van der Waals surface area (Å²) in [6.07, 6.45) is 6.65. The first-order valence-corrected chi connectivity index (χ1v) is 15.0. The summed E-state index contributed by atoms with van der Waals surface area (Å²) in [5, 5.41) is 11.3. The van der Waals surface area contributed by atoms with Gasteiger partial charge in [0.05, 0.1) is 29.4 Å². The van der Waals surface area contributed by atoms with Crippen LogP contribution in [0.5, 0.6) is 5.75 Å². The number of cyclic esters (lactones) is 1. The molecular formula is C31H36N4O6. The number of aromatic nitrogens is 1. The van der Waals surface area contributed by atoms with Crippen LogP contribution in [-0.2, 0) is 27.3 Å². The number of benzene rings is 1. The van der Waals surface area contributed by atoms with Crippen LogP contribution in [0.1, 0.15) is 55.8 Å². The minimum absolute atomic E-state index is 0.0310. The summed E-state index contributed by atoms with van der Waals surface area (Å²) in [6, 6.07) is 6.05. The van der Waals surface area contributed by atoms with Crippen molar-refractivity contribution in [2.45, 2.75) is 64.1 Å². The molecule has 0 aliphatic carbocycles. The third-order valence-corrected chi connectivity index (χ3v) is 9.62. The largest absolute Gasteiger partial charge is 0.463 e. The van der Waals surface area contributed by atoms with Crippen LogP contribution >= 0.6 is 0 Å². The van der Waals surface area contributed by atoms with Crippen molar-refractivity contribution in [1.29, 1.82) is 0 Å². The van der Waals surface area contributed by atoms with Gasteiger partial charge in [-0.15, -0.1) is 0 Å². The number of piperidine rings is 2. The maximum absolute atomic E-state index is 13.4. The zero-order valence-corrected chi connectivity index (χ0v) is 23.4. The molecule has 10 heteroatoms. The van der Waals surface area contributed by atoms with Gasteiger partial charge in [-0.2, -0.15) is 0 Å². The van der Waals surface area contributed by atoms with E-state index in [-0.39, 0.29) is 18.6 Å². The van der Waals surface area contributed by atoms with Gasteiger partial charge in [-0.05, 0) is 69.0 Å². The van der Waals surface area contributed by atoms with E-state index in [2.05, 4.69) is 11.8 Å². The lowest BCUT2D eigenvalue weighted by atomic mass is 9.81. The second-order valence-electron chi connectivity index (χ2n) is 11.9. The summed E-state index contributed by atoms with van der Waals surface area (Å²) in [5.41, 5.74) is 4.07. The Bertz CT molecular complexity index is 1440. The van der Waals surface area contributed by atoms with E-state index >= 15 is 0 Å². The van der Waals surface area contributed by atoms with Gasteiger partial charge in [0.15, 0.2) is 6.10 Å². The lowest BCUT2D eigenvalue weighted by Crippen LogP contribution is -2.51. The number of nitrogens with zero attached hydrogens (tertiary/aromatic N) is 4. The first kappa shape index (κ1) is 26.4. The summed E-state index contributed by atoms with van der Waals surface area (Å²) in [4.78, 5) is 49.4. The van der Waals surface area contributed by atoms with Gasteiger partial charge in [0.1, 0.15) is 12.4 Å². The number of aliphatic hydroxyl groups is 1. The molecule has 5 aliphatic heterocycles. The van der Waals surface area contributed by atoms with Gasteiger partial charge in [0, 0.05) is 36.0 Å². The highest BCUT2D eigenvalue weighted by Gasteiger charge is 2.49. The van der Waals surface area contributed by atoms with E-state index in [4.69, 9.17) is 14.5 Å². The highest BCUT2D eigenvalue weighted by atomic mass is 16.6. The second-order valence-corrected chi connectivity index (χ2v) is 11.9. The molecule has 2 amide bonds. The monoisotopic (exact) mass is 560 g/mol. The first-order valence-electron chi connectivity index (χ1n) is 15.0. The van der Waals surface area contributed by atoms with Crippen molar-refractivity contribution >= 4 is 34.6 Å². The molecule has 3 fully saturated rings. The number of hydrogen-bond acceptors (Lipinski definition) is 8. The van der Waals surface area contributed by atoms with Crippen molar-refractivity contribution in [3.63, 3.8) is 0 Å². The number of likely N-dealkylation sites (tertiary alicyclic amines) is 2. The lowest BCUT2D eigenvalue weighted by Gasteiger charge is -2.39. The van der Waals surface area contributed by atoms with E-state index in [1.165, 1.54) is 32.4 Å². The first-order chi connectivity index (χ1) is 19.9. The Morgan fingerprint density at radius 3 is 2.66 bits per heavy atom. The van der Waals surface area contributed by atoms with Crippen molar-refractivity contribution in [3.05, 3.63) is 41.1 Å². The molecule has 1 N–H and O–H groups in total. The quantitative estimate of drug-likeness (QED) is 0.570. The molecule has 3 atom stereocenters. The van der Waals surface area contributed by atoms with E-state index in [1.807, 2.05) is 23.1 Å². The molecule has 0 saturated carbocycles. The molecule has 6 heterocycles. The smallest absolute Gasteiger partial charge is 0.415 e. The fourth-order valence-electron chi connectivity index (χ4n) is 7.37. The van der Waals surface area contributed by atoms with Crippen molar-refractivity contribution in [2.24, 2.45) is 11.8 Å². The number of carbonyl (C=O) groups excluding carboxylic acids is 3. The summed E-state index contributed by atoms with van der Waals surface area (Å²) in [6.45, 7) is 6.15. The third kappa shape index (κ3) is 4.48. The topological polar surface area (TPSA) is 113 Å². The van der Waals surface area contributed by atoms with E-state index < -0.39 is 23.9 Å². The maximum atomic E-state index is 13.4. The van der Waals surface area contributed by atoms with E-state index in [9.17, 15) is 19.5 Å². The number of amides is 2. The van der Waals surface area contributed by atoms with Gasteiger partial charge in [-0.25, -0.2) is 14.6 Å². The molecular weight excluding hydrogens is 524 g/mol. The molecule has 0 bridgehead atoms. The van der Waals surface area contributed by atoms with Gasteiger partial charge in [0.2, 0.25) is 5.91 Å². The average molecular weight is 561 g/mol. The molecule has 0 radical (unpaired) electrons. The number of carbonyl (C=O) groups is 3. The third-order valence-electron chi connectivity index (χ3n) is 9.62. The predicted molar refractivity (Wildman–Crippen MR) is 150 cm³/mol. The van der Waals surface area contributed by atoms with Crippen molar-refractivity contribution in [2.75, 3.05) is 32.8 Å². The van der Waals surface area contributed by atoms with E-state index in [0.29, 0.717) is 49.2 Å². The average Bonchev–Trinajstić information content (AvgIpc) is 3.37. The van der Waals surface area contributed by atoms with Crippen LogP contribution in [0.15, 0.2) is 24.3 Å². The van der Waals surface area contributed by atoms with Gasteiger partial charge < -0.3 is 29.3 Å². The molecule has 1 aromatic heterocycles. The Hall–Kier alpha value is -3.50. The molecule has 41 heavy (non-hydrogen) atoms. The minimum Gasteiger partial charge on any atom is -0.463 e. The Balaban J connectivity index is 1.12. The lowest BCUT2D eigenvalue weighted by molar-refractivity contribution is -0.171. The highest BCUT2D eigenvalue weighted by molar-refractivity contribution is 5.97. The van der Waals surface area contributed by atoms with Crippen molar-refractivity contribution in [1.82, 2.24) is 19.7 Å². The fourth-order valence-corrected chi connectivity index (χ4v) is 7.37. The second kappa shape index (κ2) is 10.4. The standard InChI is InChI=1S/C31H36N4O6/c1-2-20-21-14-19(41-31(39)34-12-8-18(9-13-34)33-10-4-3-5-11-33)6-7-25(21)32-27-23(20)16-35-26(27)15-22-24(29(35)37)17-40-30(38)28(22)36/h6-7,14-15,18,22,24,28,36H,2-5,8-13,16-17H2,1H3/t22?,24?,28-/m0/s1. The molecule has 5 aliphatic rings. The van der Waals surface area contributed by atoms with Crippen LogP contribution in [0.25, 0.3) is 16.6 Å². The summed E-state index contributed by atoms with van der Waals surface area (Å²) in [5.74, 6) is -1.61. The zero-order chi connectivity index (χ0) is 28.2. The number of fused-ring (bicyclic) bond motifs is 5. The number of ether oxygens (including phenoxy) is 2. The normalized spacial score (nSPS) is 26.8. The summed E-state index contributed by atoms with van der Waals surface area (Å²) in [7, 11) is 0. The number of aliphatic hydroxyl groups excluding tert-OH is 1. The molecule has 1 aromatic carbocycles. The Morgan fingerprint density at radius 1 is 1.12 bits per heavy atom. The number of rotatable bonds is 3. The maximum Gasteiger partial charge on any atom is 0.415 e. The van der Waals surface area contributed by atoms with Crippen molar-refractivity contribution < 1.29 is 29.0 Å². The van der Waals surface area contributed by atoms with E-state index in [0.717, 1.165) is 34.9 Å². The molecule has 216 valence electrons. The van der Waals surface area contributed by atoms with Crippen LogP contribution in [0.4, 0.5) is 4.79 Å². The molecule has 10 nitrogen and oxygen atoms in total. The Kier molecular flexibility index (Phi) is 6.70. The van der Waals surface area contributed by atoms with Crippen LogP contribution in [0.2, 0.25) is 0 Å². The van der Waals surface area contributed by atoms with Gasteiger partial charge >= 0.3 is 12.1 Å². The zero-order valence-electron chi connectivity index (χ0n) is 23.4. The summed E-state index contributed by atoms with van der Waals surface area (Å²) >= 11 is 0. The molecule has 7 rings (SSSR count). The molecule has 3 saturated heterocycles. The van der Waals surface area contributed by atoms with Crippen LogP contribution < -0.4 is 4.74 Å². The number of aryl methyl sites for hydroxylation is 1. The van der Waals surface area contributed by atoms with Crippen LogP contribution in [0.3, 0.4) is 0 Å². The van der Waals surface area contributed by atoms with E-state index in [1.54, 1.807) is 11.0 Å². The van der Waals surface area contributed by atoms with Gasteiger partial charge in [-0.3, -0.25) is 4.79 Å². The minimum atomic E-state index is -1.37. The van der Waals surface area contributed by atoms with Crippen LogP contribution in [-0.4, -0.2) is 87.7 Å². The SMILES string of the molecule is CCc1c2c(nc3ccc(OC(=O)N4CCC(N5CCCCC5)CC4)cc13)C1=CC3C(COC(=O)[C@H]3O)C(=O)N1C2. The Morgan fingerprint density at radius 2 is 1.90 bits per heavy atom. The number of hydrogen-bond donors (Lipinski definition) is 1. The van der Waals surface area contributed by atoms with Gasteiger partial charge in [0.25, 0.3) is 0 Å². The molecule has 2 unspecified atom stereocenters. The molecule has 2 aromatic rings. The number of pyridine rings is 1. The Labute approximate surface area is 238 Å². The number of esters is 1. The van der Waals surface area contributed by atoms with Gasteiger partial charge in [-0.1, -0.05) is 19.4 Å². The molecule has 0 spiro atoms. The summed E-state index contributed by atoms with van der Waals surface area (Å²) < 4.78 is 10.9. The highest BCUT2D eigenvalue weighted by Crippen LogP contribution is 2.44. The predicted octanol–water partition coefficient (Wildman–Crippen LogP) is 3.09. The fraction of sp³-hybridized carbons (Fsp3) is 0.548. The van der Waals surface area contributed by atoms with Crippen molar-refractivity contribution in [3.8, 4) is 5.75 Å².